The monoisotopic (exact) mass is 157 g/mol. The van der Waals surface area contributed by atoms with Crippen LogP contribution in [0.15, 0.2) is 0 Å². The number of hydrogen-bond donors (Lipinski definition) is 0. The van der Waals surface area contributed by atoms with Crippen molar-refractivity contribution in [3.05, 3.63) is 0 Å². The first kappa shape index (κ1) is 6.91. The summed E-state index contributed by atoms with van der Waals surface area (Å²) in [6, 6.07) is 0. The molecule has 4 heteroatoms. The van der Waals surface area contributed by atoms with Crippen LogP contribution in [0.1, 0.15) is 12.8 Å². The summed E-state index contributed by atoms with van der Waals surface area (Å²) >= 11 is 0. The van der Waals surface area contributed by atoms with E-state index < -0.39 is 0 Å². The number of ether oxygens (including phenoxy) is 2. The van der Waals surface area contributed by atoms with Crippen LogP contribution in [0.3, 0.4) is 0 Å². The van der Waals surface area contributed by atoms with Crippen LogP contribution in [-0.4, -0.2) is 37.0 Å². The standard InChI is InChI=1S/C7H11NO3/c1-10-7(9)8-4-2-3-5-6(8)11-5/h5-6H,2-4H2,1H3. The topological polar surface area (TPSA) is 42.1 Å². The zero-order valence-corrected chi connectivity index (χ0v) is 6.45. The lowest BCUT2D eigenvalue weighted by Crippen LogP contribution is -2.38. The zero-order valence-electron chi connectivity index (χ0n) is 6.45. The van der Waals surface area contributed by atoms with Gasteiger partial charge in [-0.05, 0) is 12.8 Å². The first-order chi connectivity index (χ1) is 5.33. The average molecular weight is 157 g/mol. The van der Waals surface area contributed by atoms with Crippen molar-refractivity contribution >= 4 is 6.09 Å². The van der Waals surface area contributed by atoms with Gasteiger partial charge in [0.05, 0.1) is 7.11 Å². The molecule has 2 unspecified atom stereocenters. The first-order valence-electron chi connectivity index (χ1n) is 3.83. The summed E-state index contributed by atoms with van der Waals surface area (Å²) < 4.78 is 9.83. The lowest BCUT2D eigenvalue weighted by molar-refractivity contribution is 0.100. The Balaban J connectivity index is 1.97. The molecule has 1 amide bonds. The van der Waals surface area contributed by atoms with E-state index in [4.69, 9.17) is 4.74 Å². The van der Waals surface area contributed by atoms with Crippen molar-refractivity contribution in [2.75, 3.05) is 13.7 Å². The van der Waals surface area contributed by atoms with Gasteiger partial charge in [-0.1, -0.05) is 0 Å². The van der Waals surface area contributed by atoms with E-state index in [1.54, 1.807) is 4.90 Å². The molecule has 2 heterocycles. The summed E-state index contributed by atoms with van der Waals surface area (Å²) in [6.45, 7) is 0.772. The number of carbonyl (C=O) groups is 1. The molecule has 2 rings (SSSR count). The highest BCUT2D eigenvalue weighted by atomic mass is 16.6. The first-order valence-corrected chi connectivity index (χ1v) is 3.83. The number of piperidine rings is 1. The number of rotatable bonds is 0. The molecule has 0 aliphatic carbocycles. The molecule has 62 valence electrons. The minimum absolute atomic E-state index is 0.0243. The third kappa shape index (κ3) is 1.07. The van der Waals surface area contributed by atoms with Gasteiger partial charge in [0.2, 0.25) is 0 Å². The van der Waals surface area contributed by atoms with Gasteiger partial charge in [-0.3, -0.25) is 4.90 Å². The number of hydrogen-bond acceptors (Lipinski definition) is 3. The maximum absolute atomic E-state index is 11.0. The van der Waals surface area contributed by atoms with Crippen molar-refractivity contribution < 1.29 is 14.3 Å². The number of amides is 1. The van der Waals surface area contributed by atoms with Gasteiger partial charge in [-0.15, -0.1) is 0 Å². The Bertz CT molecular complexity index is 183. The molecule has 2 aliphatic heterocycles. The molecular formula is C7H11NO3. The molecule has 11 heavy (non-hydrogen) atoms. The van der Waals surface area contributed by atoms with Gasteiger partial charge < -0.3 is 9.47 Å². The van der Waals surface area contributed by atoms with Crippen molar-refractivity contribution in [2.45, 2.75) is 25.2 Å². The third-order valence-electron chi connectivity index (χ3n) is 2.16. The lowest BCUT2D eigenvalue weighted by atomic mass is 10.1. The Kier molecular flexibility index (Phi) is 1.49. The SMILES string of the molecule is COC(=O)N1CCCC2OC21. The summed E-state index contributed by atoms with van der Waals surface area (Å²) in [5.74, 6) is 0. The van der Waals surface area contributed by atoms with E-state index in [-0.39, 0.29) is 12.3 Å². The summed E-state index contributed by atoms with van der Waals surface area (Å²) in [5, 5.41) is 0. The minimum Gasteiger partial charge on any atom is -0.453 e. The molecule has 4 nitrogen and oxygen atoms in total. The minimum atomic E-state index is -0.266. The van der Waals surface area contributed by atoms with E-state index in [1.807, 2.05) is 0 Å². The fourth-order valence-electron chi connectivity index (χ4n) is 1.52. The van der Waals surface area contributed by atoms with Crippen molar-refractivity contribution in [3.8, 4) is 0 Å². The summed E-state index contributed by atoms with van der Waals surface area (Å²) in [6.07, 6.45) is 2.16. The van der Waals surface area contributed by atoms with Crippen molar-refractivity contribution in [1.29, 1.82) is 0 Å². The highest BCUT2D eigenvalue weighted by molar-refractivity contribution is 5.68. The van der Waals surface area contributed by atoms with E-state index in [0.717, 1.165) is 19.4 Å². The second-order valence-electron chi connectivity index (χ2n) is 2.87. The smallest absolute Gasteiger partial charge is 0.411 e. The van der Waals surface area contributed by atoms with E-state index in [1.165, 1.54) is 7.11 Å². The number of epoxide rings is 1. The van der Waals surface area contributed by atoms with Crippen LogP contribution < -0.4 is 0 Å². The van der Waals surface area contributed by atoms with Gasteiger partial charge >= 0.3 is 6.09 Å². The van der Waals surface area contributed by atoms with Crippen LogP contribution in [0.2, 0.25) is 0 Å². The largest absolute Gasteiger partial charge is 0.453 e. The summed E-state index contributed by atoms with van der Waals surface area (Å²) in [4.78, 5) is 12.7. The Morgan fingerprint density at radius 2 is 2.55 bits per heavy atom. The summed E-state index contributed by atoms with van der Waals surface area (Å²) in [7, 11) is 1.40. The van der Waals surface area contributed by atoms with Crippen molar-refractivity contribution in [2.24, 2.45) is 0 Å². The molecule has 2 aliphatic rings. The van der Waals surface area contributed by atoms with Gasteiger partial charge in [0.25, 0.3) is 0 Å². The van der Waals surface area contributed by atoms with Crippen LogP contribution in [0.5, 0.6) is 0 Å². The molecular weight excluding hydrogens is 146 g/mol. The number of nitrogens with zero attached hydrogens (tertiary/aromatic N) is 1. The highest BCUT2D eigenvalue weighted by Crippen LogP contribution is 2.34. The van der Waals surface area contributed by atoms with Gasteiger partial charge in [0.15, 0.2) is 6.23 Å². The van der Waals surface area contributed by atoms with Gasteiger partial charge in [0, 0.05) is 6.54 Å². The Labute approximate surface area is 65.1 Å². The van der Waals surface area contributed by atoms with Crippen molar-refractivity contribution in [1.82, 2.24) is 4.90 Å². The van der Waals surface area contributed by atoms with Crippen LogP contribution in [0, 0.1) is 0 Å². The predicted molar refractivity (Wildman–Crippen MR) is 37.0 cm³/mol. The molecule has 0 bridgehead atoms. The van der Waals surface area contributed by atoms with Gasteiger partial charge in [-0.2, -0.15) is 0 Å². The Hall–Kier alpha value is -0.770. The van der Waals surface area contributed by atoms with E-state index in [2.05, 4.69) is 4.74 Å². The number of fused-ring (bicyclic) bond motifs is 1. The molecule has 0 saturated carbocycles. The van der Waals surface area contributed by atoms with E-state index >= 15 is 0 Å². The van der Waals surface area contributed by atoms with Crippen LogP contribution in [0.4, 0.5) is 4.79 Å². The maximum atomic E-state index is 11.0. The second-order valence-corrected chi connectivity index (χ2v) is 2.87. The fraction of sp³-hybridized carbons (Fsp3) is 0.857. The zero-order chi connectivity index (χ0) is 7.84. The van der Waals surface area contributed by atoms with E-state index in [9.17, 15) is 4.79 Å². The highest BCUT2D eigenvalue weighted by Gasteiger charge is 2.48. The molecule has 2 atom stereocenters. The quantitative estimate of drug-likeness (QED) is 0.483. The molecule has 0 aromatic heterocycles. The number of methoxy groups -OCH3 is 1. The third-order valence-corrected chi connectivity index (χ3v) is 2.16. The number of likely N-dealkylation sites (tertiary alicyclic amines) is 1. The summed E-state index contributed by atoms with van der Waals surface area (Å²) in [5.41, 5.74) is 0. The Morgan fingerprint density at radius 1 is 1.73 bits per heavy atom. The fourth-order valence-corrected chi connectivity index (χ4v) is 1.52. The lowest BCUT2D eigenvalue weighted by Gasteiger charge is -2.21. The molecule has 0 spiro atoms. The van der Waals surface area contributed by atoms with Crippen LogP contribution in [0.25, 0.3) is 0 Å². The predicted octanol–water partition coefficient (Wildman–Crippen LogP) is 0.573. The second kappa shape index (κ2) is 2.37. The van der Waals surface area contributed by atoms with Crippen LogP contribution >= 0.6 is 0 Å². The molecule has 0 aromatic rings. The van der Waals surface area contributed by atoms with E-state index in [0.29, 0.717) is 6.10 Å². The average Bonchev–Trinajstić information content (AvgIpc) is 2.80. The molecule has 2 saturated heterocycles. The number of carbonyl (C=O) groups excluding carboxylic acids is 1. The molecule has 0 aromatic carbocycles. The normalized spacial score (nSPS) is 34.5. The van der Waals surface area contributed by atoms with Gasteiger partial charge in [-0.25, -0.2) is 4.79 Å². The van der Waals surface area contributed by atoms with Crippen molar-refractivity contribution in [3.63, 3.8) is 0 Å². The van der Waals surface area contributed by atoms with Crippen LogP contribution in [-0.2, 0) is 9.47 Å². The molecule has 0 N–H and O–H groups in total. The molecule has 2 fully saturated rings. The van der Waals surface area contributed by atoms with Gasteiger partial charge in [0.1, 0.15) is 6.10 Å². The Morgan fingerprint density at radius 3 is 3.27 bits per heavy atom. The maximum Gasteiger partial charge on any atom is 0.411 e. The molecule has 0 radical (unpaired) electrons.